The highest BCUT2D eigenvalue weighted by Crippen LogP contribution is 2.21. The summed E-state index contributed by atoms with van der Waals surface area (Å²) < 4.78 is 1.01. The van der Waals surface area contributed by atoms with Crippen molar-refractivity contribution < 1.29 is 14.4 Å². The van der Waals surface area contributed by atoms with E-state index in [1.165, 1.54) is 4.90 Å². The van der Waals surface area contributed by atoms with Gasteiger partial charge in [-0.05, 0) is 24.5 Å². The SMILES string of the molecule is O=C(CCc1ccccc1Br)N1CCC(N2C(=O)CNC2=O)C1. The van der Waals surface area contributed by atoms with E-state index in [1.807, 2.05) is 24.3 Å². The van der Waals surface area contributed by atoms with E-state index in [9.17, 15) is 14.4 Å². The molecular formula is C16H18BrN3O3. The van der Waals surface area contributed by atoms with Gasteiger partial charge in [0.25, 0.3) is 0 Å². The number of hydrogen-bond acceptors (Lipinski definition) is 3. The maximum atomic E-state index is 12.4. The van der Waals surface area contributed by atoms with Crippen LogP contribution in [0, 0.1) is 0 Å². The minimum absolute atomic E-state index is 0.0608. The molecule has 2 aliphatic rings. The molecular weight excluding hydrogens is 362 g/mol. The predicted molar refractivity (Wildman–Crippen MR) is 87.7 cm³/mol. The number of hydrogen-bond donors (Lipinski definition) is 1. The predicted octanol–water partition coefficient (Wildman–Crippen LogP) is 1.53. The van der Waals surface area contributed by atoms with Gasteiger partial charge < -0.3 is 10.2 Å². The fraction of sp³-hybridized carbons (Fsp3) is 0.438. The van der Waals surface area contributed by atoms with Gasteiger partial charge in [0.2, 0.25) is 11.8 Å². The van der Waals surface area contributed by atoms with E-state index in [4.69, 9.17) is 0 Å². The summed E-state index contributed by atoms with van der Waals surface area (Å²) in [5.74, 6) is -0.141. The van der Waals surface area contributed by atoms with Crippen molar-refractivity contribution in [3.8, 4) is 0 Å². The number of benzene rings is 1. The first-order valence-corrected chi connectivity index (χ1v) is 8.46. The zero-order valence-electron chi connectivity index (χ0n) is 12.6. The molecule has 1 unspecified atom stereocenters. The van der Waals surface area contributed by atoms with Crippen molar-refractivity contribution in [2.24, 2.45) is 0 Å². The highest BCUT2D eigenvalue weighted by molar-refractivity contribution is 9.10. The van der Waals surface area contributed by atoms with Crippen molar-refractivity contribution in [1.82, 2.24) is 15.1 Å². The molecule has 6 nitrogen and oxygen atoms in total. The number of halogens is 1. The molecule has 2 fully saturated rings. The van der Waals surface area contributed by atoms with E-state index in [1.54, 1.807) is 4.90 Å². The molecule has 23 heavy (non-hydrogen) atoms. The molecule has 122 valence electrons. The molecule has 2 heterocycles. The van der Waals surface area contributed by atoms with Gasteiger partial charge in [-0.15, -0.1) is 0 Å². The van der Waals surface area contributed by atoms with Crippen LogP contribution in [0.4, 0.5) is 4.79 Å². The molecule has 0 aliphatic carbocycles. The Morgan fingerprint density at radius 3 is 2.78 bits per heavy atom. The van der Waals surface area contributed by atoms with Crippen molar-refractivity contribution in [3.63, 3.8) is 0 Å². The Labute approximate surface area is 142 Å². The Hall–Kier alpha value is -1.89. The molecule has 3 rings (SSSR count). The van der Waals surface area contributed by atoms with Crippen LogP contribution >= 0.6 is 15.9 Å². The number of nitrogens with one attached hydrogen (secondary N) is 1. The number of urea groups is 1. The lowest BCUT2D eigenvalue weighted by atomic mass is 10.1. The van der Waals surface area contributed by atoms with Crippen molar-refractivity contribution in [1.29, 1.82) is 0 Å². The van der Waals surface area contributed by atoms with Gasteiger partial charge in [-0.2, -0.15) is 0 Å². The number of imide groups is 1. The lowest BCUT2D eigenvalue weighted by Gasteiger charge is -2.21. The molecule has 0 radical (unpaired) electrons. The summed E-state index contributed by atoms with van der Waals surface area (Å²) in [6.07, 6.45) is 1.75. The zero-order chi connectivity index (χ0) is 16.4. The lowest BCUT2D eigenvalue weighted by molar-refractivity contribution is -0.131. The van der Waals surface area contributed by atoms with E-state index in [2.05, 4.69) is 21.2 Å². The number of nitrogens with zero attached hydrogens (tertiary/aromatic N) is 2. The van der Waals surface area contributed by atoms with E-state index in [0.29, 0.717) is 32.4 Å². The molecule has 0 spiro atoms. The van der Waals surface area contributed by atoms with E-state index in [-0.39, 0.29) is 30.4 Å². The van der Waals surface area contributed by atoms with Gasteiger partial charge in [0.05, 0.1) is 12.6 Å². The fourth-order valence-corrected chi connectivity index (χ4v) is 3.57. The number of carbonyl (C=O) groups excluding carboxylic acids is 3. The van der Waals surface area contributed by atoms with Gasteiger partial charge in [0, 0.05) is 24.0 Å². The number of rotatable bonds is 4. The number of likely N-dealkylation sites (tertiary alicyclic amines) is 1. The average Bonchev–Trinajstić information content (AvgIpc) is 3.13. The first-order valence-electron chi connectivity index (χ1n) is 7.67. The van der Waals surface area contributed by atoms with Gasteiger partial charge in [0.1, 0.15) is 0 Å². The van der Waals surface area contributed by atoms with Crippen LogP contribution in [-0.4, -0.2) is 53.3 Å². The number of amides is 4. The quantitative estimate of drug-likeness (QED) is 0.806. The van der Waals surface area contributed by atoms with Gasteiger partial charge in [-0.1, -0.05) is 34.1 Å². The molecule has 2 saturated heterocycles. The van der Waals surface area contributed by atoms with Crippen LogP contribution in [0.3, 0.4) is 0 Å². The second-order valence-electron chi connectivity index (χ2n) is 5.80. The minimum Gasteiger partial charge on any atom is -0.341 e. The van der Waals surface area contributed by atoms with Crippen molar-refractivity contribution in [3.05, 3.63) is 34.3 Å². The molecule has 1 aromatic carbocycles. The Bertz CT molecular complexity index is 633. The largest absolute Gasteiger partial charge is 0.341 e. The second-order valence-corrected chi connectivity index (χ2v) is 6.65. The monoisotopic (exact) mass is 379 g/mol. The summed E-state index contributed by atoms with van der Waals surface area (Å²) in [4.78, 5) is 38.8. The summed E-state index contributed by atoms with van der Waals surface area (Å²) >= 11 is 3.48. The Morgan fingerprint density at radius 2 is 2.09 bits per heavy atom. The molecule has 2 aliphatic heterocycles. The first kappa shape index (κ1) is 16.0. The van der Waals surface area contributed by atoms with Crippen LogP contribution in [-0.2, 0) is 16.0 Å². The van der Waals surface area contributed by atoms with Crippen LogP contribution in [0.15, 0.2) is 28.7 Å². The third-order valence-electron chi connectivity index (χ3n) is 4.33. The van der Waals surface area contributed by atoms with E-state index >= 15 is 0 Å². The lowest BCUT2D eigenvalue weighted by Crippen LogP contribution is -2.42. The van der Waals surface area contributed by atoms with Crippen LogP contribution < -0.4 is 5.32 Å². The van der Waals surface area contributed by atoms with Gasteiger partial charge in [0.15, 0.2) is 0 Å². The topological polar surface area (TPSA) is 69.7 Å². The van der Waals surface area contributed by atoms with Gasteiger partial charge >= 0.3 is 6.03 Å². The number of aryl methyl sites for hydroxylation is 1. The summed E-state index contributed by atoms with van der Waals surface area (Å²) in [5, 5.41) is 2.52. The van der Waals surface area contributed by atoms with Crippen molar-refractivity contribution >= 4 is 33.8 Å². The highest BCUT2D eigenvalue weighted by atomic mass is 79.9. The zero-order valence-corrected chi connectivity index (χ0v) is 14.2. The van der Waals surface area contributed by atoms with E-state index in [0.717, 1.165) is 10.0 Å². The molecule has 0 aromatic heterocycles. The molecule has 0 saturated carbocycles. The normalized spacial score (nSPS) is 21.0. The highest BCUT2D eigenvalue weighted by Gasteiger charge is 2.39. The van der Waals surface area contributed by atoms with Crippen LogP contribution in [0.2, 0.25) is 0 Å². The standard InChI is InChI=1S/C16H18BrN3O3/c17-13-4-2-1-3-11(13)5-6-14(21)19-8-7-12(10-19)20-15(22)9-18-16(20)23/h1-4,12H,5-10H2,(H,18,23). The molecule has 4 amide bonds. The molecule has 1 N–H and O–H groups in total. The number of carbonyl (C=O) groups is 3. The first-order chi connectivity index (χ1) is 11.1. The van der Waals surface area contributed by atoms with Crippen molar-refractivity contribution in [2.45, 2.75) is 25.3 Å². The molecule has 1 aromatic rings. The van der Waals surface area contributed by atoms with Crippen LogP contribution in [0.1, 0.15) is 18.4 Å². The van der Waals surface area contributed by atoms with Gasteiger partial charge in [-0.25, -0.2) is 4.79 Å². The Balaban J connectivity index is 1.54. The van der Waals surface area contributed by atoms with E-state index < -0.39 is 0 Å². The molecule has 7 heteroatoms. The smallest absolute Gasteiger partial charge is 0.324 e. The maximum Gasteiger partial charge on any atom is 0.324 e. The fourth-order valence-electron chi connectivity index (χ4n) is 3.08. The summed E-state index contributed by atoms with van der Waals surface area (Å²) in [6, 6.07) is 7.31. The van der Waals surface area contributed by atoms with Crippen LogP contribution in [0.5, 0.6) is 0 Å². The Morgan fingerprint density at radius 1 is 1.30 bits per heavy atom. The Kier molecular flexibility index (Phi) is 4.66. The summed E-state index contributed by atoms with van der Waals surface area (Å²) in [5.41, 5.74) is 1.10. The maximum absolute atomic E-state index is 12.4. The third-order valence-corrected chi connectivity index (χ3v) is 5.10. The summed E-state index contributed by atoms with van der Waals surface area (Å²) in [7, 11) is 0. The molecule has 0 bridgehead atoms. The minimum atomic E-state index is -0.345. The summed E-state index contributed by atoms with van der Waals surface area (Å²) in [6.45, 7) is 1.09. The van der Waals surface area contributed by atoms with Crippen LogP contribution in [0.25, 0.3) is 0 Å². The second kappa shape index (κ2) is 6.70. The third kappa shape index (κ3) is 3.39. The van der Waals surface area contributed by atoms with Crippen molar-refractivity contribution in [2.75, 3.05) is 19.6 Å². The molecule has 1 atom stereocenters. The average molecular weight is 380 g/mol. The van der Waals surface area contributed by atoms with Gasteiger partial charge in [-0.3, -0.25) is 14.5 Å².